The Bertz CT molecular complexity index is 1350. The van der Waals surface area contributed by atoms with Gasteiger partial charge in [-0.15, -0.1) is 0 Å². The number of carbonyl (C=O) groups is 2. The molecule has 0 bridgehead atoms. The van der Waals surface area contributed by atoms with E-state index in [1.807, 2.05) is 19.9 Å². The van der Waals surface area contributed by atoms with E-state index >= 15 is 0 Å². The standard InChI is InChI=1S/C27H26ClN3O2S/c1-16-13-18(17(2)30(16)21-11-9-19(10-12-21)27(3,4)5)14-23-24(32)29-26(34)31(25(23)33)22-8-6-7-20(28)15-22/h6-15H,1-5H3,(H,29,32,34)/b23-14+. The van der Waals surface area contributed by atoms with Gasteiger partial charge in [-0.2, -0.15) is 0 Å². The number of aryl methyl sites for hydroxylation is 1. The zero-order chi connectivity index (χ0) is 24.8. The quantitative estimate of drug-likeness (QED) is 0.283. The van der Waals surface area contributed by atoms with Gasteiger partial charge in [-0.1, -0.05) is 50.6 Å². The molecule has 5 nitrogen and oxygen atoms in total. The number of halogens is 1. The normalized spacial score (nSPS) is 15.8. The molecule has 1 N–H and O–H groups in total. The number of anilines is 1. The maximum absolute atomic E-state index is 13.3. The van der Waals surface area contributed by atoms with Crippen molar-refractivity contribution in [3.8, 4) is 5.69 Å². The van der Waals surface area contributed by atoms with Gasteiger partial charge in [0, 0.05) is 22.1 Å². The fraction of sp³-hybridized carbons (Fsp3) is 0.222. The first kappa shape index (κ1) is 23.9. The molecule has 1 fully saturated rings. The number of nitrogens with one attached hydrogen (secondary N) is 1. The highest BCUT2D eigenvalue weighted by atomic mass is 35.5. The van der Waals surface area contributed by atoms with Crippen LogP contribution in [0.4, 0.5) is 5.69 Å². The lowest BCUT2D eigenvalue weighted by Crippen LogP contribution is -2.54. The summed E-state index contributed by atoms with van der Waals surface area (Å²) < 4.78 is 2.11. The van der Waals surface area contributed by atoms with E-state index in [-0.39, 0.29) is 16.1 Å². The Morgan fingerprint density at radius 1 is 0.971 bits per heavy atom. The van der Waals surface area contributed by atoms with Gasteiger partial charge in [0.2, 0.25) is 0 Å². The molecule has 2 aromatic carbocycles. The summed E-state index contributed by atoms with van der Waals surface area (Å²) in [6, 6.07) is 17.2. The minimum atomic E-state index is -0.521. The van der Waals surface area contributed by atoms with Crippen molar-refractivity contribution in [2.75, 3.05) is 4.90 Å². The molecule has 4 rings (SSSR count). The Balaban J connectivity index is 1.73. The second kappa shape index (κ2) is 8.85. The van der Waals surface area contributed by atoms with Crippen LogP contribution in [-0.2, 0) is 15.0 Å². The summed E-state index contributed by atoms with van der Waals surface area (Å²) >= 11 is 11.4. The molecule has 0 spiro atoms. The number of rotatable bonds is 3. The molecule has 0 atom stereocenters. The van der Waals surface area contributed by atoms with Gasteiger partial charge in [0.1, 0.15) is 5.57 Å². The van der Waals surface area contributed by atoms with Gasteiger partial charge < -0.3 is 4.57 Å². The van der Waals surface area contributed by atoms with Crippen molar-refractivity contribution >= 4 is 52.5 Å². The highest BCUT2D eigenvalue weighted by molar-refractivity contribution is 7.80. The topological polar surface area (TPSA) is 54.3 Å². The van der Waals surface area contributed by atoms with E-state index < -0.39 is 11.8 Å². The number of benzene rings is 2. The highest BCUT2D eigenvalue weighted by Crippen LogP contribution is 2.28. The third-order valence-electron chi connectivity index (χ3n) is 5.93. The second-order valence-corrected chi connectivity index (χ2v) is 10.2. The summed E-state index contributed by atoms with van der Waals surface area (Å²) in [6.07, 6.45) is 1.62. The van der Waals surface area contributed by atoms with Crippen LogP contribution in [0.15, 0.2) is 60.2 Å². The Morgan fingerprint density at radius 3 is 2.26 bits per heavy atom. The number of thiocarbonyl (C=S) groups is 1. The Kier molecular flexibility index (Phi) is 6.23. The molecule has 0 saturated carbocycles. The van der Waals surface area contributed by atoms with Crippen molar-refractivity contribution in [1.29, 1.82) is 0 Å². The van der Waals surface area contributed by atoms with E-state index in [2.05, 4.69) is 54.9 Å². The predicted molar refractivity (Wildman–Crippen MR) is 142 cm³/mol. The number of amides is 2. The molecule has 174 valence electrons. The fourth-order valence-corrected chi connectivity index (χ4v) is 4.57. The Hall–Kier alpha value is -3.22. The van der Waals surface area contributed by atoms with E-state index in [0.29, 0.717) is 10.7 Å². The monoisotopic (exact) mass is 491 g/mol. The van der Waals surface area contributed by atoms with E-state index in [4.69, 9.17) is 23.8 Å². The summed E-state index contributed by atoms with van der Waals surface area (Å²) in [6.45, 7) is 10.5. The fourth-order valence-electron chi connectivity index (χ4n) is 4.10. The summed E-state index contributed by atoms with van der Waals surface area (Å²) in [5.74, 6) is -1.01. The van der Waals surface area contributed by atoms with Crippen molar-refractivity contribution in [2.24, 2.45) is 0 Å². The third kappa shape index (κ3) is 4.43. The molecule has 1 aromatic heterocycles. The van der Waals surface area contributed by atoms with Crippen molar-refractivity contribution in [3.63, 3.8) is 0 Å². The average molecular weight is 492 g/mol. The van der Waals surface area contributed by atoms with Crippen LogP contribution in [0.2, 0.25) is 5.02 Å². The molecule has 0 unspecified atom stereocenters. The number of aromatic nitrogens is 1. The SMILES string of the molecule is Cc1cc(/C=C2\C(=O)NC(=S)N(c3cccc(Cl)c3)C2=O)c(C)n1-c1ccc(C(C)(C)C)cc1. The molecule has 2 amide bonds. The second-order valence-electron chi connectivity index (χ2n) is 9.40. The Morgan fingerprint density at radius 2 is 1.65 bits per heavy atom. The predicted octanol–water partition coefficient (Wildman–Crippen LogP) is 5.88. The molecule has 1 saturated heterocycles. The van der Waals surface area contributed by atoms with Gasteiger partial charge in [-0.05, 0) is 85.1 Å². The molecule has 7 heteroatoms. The van der Waals surface area contributed by atoms with Gasteiger partial charge in [0.15, 0.2) is 5.11 Å². The minimum absolute atomic E-state index is 0.0110. The van der Waals surface area contributed by atoms with Gasteiger partial charge in [0.25, 0.3) is 11.8 Å². The molecule has 34 heavy (non-hydrogen) atoms. The average Bonchev–Trinajstić information content (AvgIpc) is 3.03. The van der Waals surface area contributed by atoms with E-state index in [1.54, 1.807) is 30.3 Å². The van der Waals surface area contributed by atoms with Gasteiger partial charge in [0.05, 0.1) is 5.69 Å². The van der Waals surface area contributed by atoms with E-state index in [0.717, 1.165) is 22.6 Å². The zero-order valence-electron chi connectivity index (χ0n) is 19.8. The van der Waals surface area contributed by atoms with Crippen LogP contribution in [0.5, 0.6) is 0 Å². The van der Waals surface area contributed by atoms with Gasteiger partial charge in [-0.3, -0.25) is 19.8 Å². The largest absolute Gasteiger partial charge is 0.318 e. The maximum Gasteiger partial charge on any atom is 0.270 e. The van der Waals surface area contributed by atoms with Crippen LogP contribution >= 0.6 is 23.8 Å². The minimum Gasteiger partial charge on any atom is -0.318 e. The van der Waals surface area contributed by atoms with Crippen LogP contribution in [0.3, 0.4) is 0 Å². The van der Waals surface area contributed by atoms with Gasteiger partial charge in [-0.25, -0.2) is 0 Å². The number of carbonyl (C=O) groups excluding carboxylic acids is 2. The summed E-state index contributed by atoms with van der Waals surface area (Å²) in [4.78, 5) is 27.3. The molecule has 0 aliphatic carbocycles. The van der Waals surface area contributed by atoms with Crippen molar-refractivity contribution in [2.45, 2.75) is 40.0 Å². The first-order chi connectivity index (χ1) is 16.0. The number of hydrogen-bond donors (Lipinski definition) is 1. The van der Waals surface area contributed by atoms with Crippen LogP contribution in [0, 0.1) is 13.8 Å². The molecule has 1 aliphatic heterocycles. The molecule has 3 aromatic rings. The van der Waals surface area contributed by atoms with Crippen LogP contribution < -0.4 is 10.2 Å². The molecular weight excluding hydrogens is 466 g/mol. The third-order valence-corrected chi connectivity index (χ3v) is 6.45. The summed E-state index contributed by atoms with van der Waals surface area (Å²) in [5, 5.41) is 3.12. The van der Waals surface area contributed by atoms with Crippen molar-refractivity contribution in [3.05, 3.63) is 87.7 Å². The van der Waals surface area contributed by atoms with Crippen LogP contribution in [-0.4, -0.2) is 21.5 Å². The molecule has 1 aliphatic rings. The highest BCUT2D eigenvalue weighted by Gasteiger charge is 2.34. The van der Waals surface area contributed by atoms with Gasteiger partial charge >= 0.3 is 0 Å². The van der Waals surface area contributed by atoms with Crippen LogP contribution in [0.25, 0.3) is 11.8 Å². The maximum atomic E-state index is 13.3. The van der Waals surface area contributed by atoms with E-state index in [1.165, 1.54) is 10.5 Å². The molecular formula is C27H26ClN3O2S. The lowest BCUT2D eigenvalue weighted by Gasteiger charge is -2.29. The summed E-state index contributed by atoms with van der Waals surface area (Å²) in [5.41, 5.74) is 5.56. The van der Waals surface area contributed by atoms with Crippen molar-refractivity contribution < 1.29 is 9.59 Å². The summed E-state index contributed by atoms with van der Waals surface area (Å²) in [7, 11) is 0. The molecule has 2 heterocycles. The molecule has 0 radical (unpaired) electrons. The Labute approximate surface area is 210 Å². The van der Waals surface area contributed by atoms with Crippen molar-refractivity contribution in [1.82, 2.24) is 9.88 Å². The first-order valence-corrected chi connectivity index (χ1v) is 11.7. The zero-order valence-corrected chi connectivity index (χ0v) is 21.3. The number of nitrogens with zero attached hydrogens (tertiary/aromatic N) is 2. The lowest BCUT2D eigenvalue weighted by molar-refractivity contribution is -0.122. The smallest absolute Gasteiger partial charge is 0.270 e. The number of hydrogen-bond acceptors (Lipinski definition) is 3. The van der Waals surface area contributed by atoms with Crippen LogP contribution in [0.1, 0.15) is 43.3 Å². The first-order valence-electron chi connectivity index (χ1n) is 10.9. The lowest BCUT2D eigenvalue weighted by atomic mass is 9.87. The van der Waals surface area contributed by atoms with E-state index in [9.17, 15) is 9.59 Å².